The molecule has 0 aliphatic rings. The molecule has 1 N–H and O–H groups in total. The van der Waals surface area contributed by atoms with Crippen molar-refractivity contribution in [1.82, 2.24) is 9.88 Å². The molecule has 0 saturated carbocycles. The number of halogens is 1. The van der Waals surface area contributed by atoms with Crippen molar-refractivity contribution in [2.75, 3.05) is 13.2 Å². The Morgan fingerprint density at radius 1 is 1.45 bits per heavy atom. The van der Waals surface area contributed by atoms with Gasteiger partial charge in [0.25, 0.3) is 0 Å². The summed E-state index contributed by atoms with van der Waals surface area (Å²) in [5.74, 6) is 0.0750. The van der Waals surface area contributed by atoms with E-state index in [4.69, 9.17) is 4.74 Å². The zero-order chi connectivity index (χ0) is 16.5. The quantitative estimate of drug-likeness (QED) is 0.708. The molecule has 0 aliphatic carbocycles. The van der Waals surface area contributed by atoms with E-state index in [2.05, 4.69) is 27.8 Å². The van der Waals surface area contributed by atoms with E-state index in [0.29, 0.717) is 13.1 Å². The van der Waals surface area contributed by atoms with Crippen molar-refractivity contribution in [2.45, 2.75) is 46.3 Å². The van der Waals surface area contributed by atoms with E-state index in [1.807, 2.05) is 32.0 Å². The van der Waals surface area contributed by atoms with E-state index in [-0.39, 0.29) is 12.5 Å². The number of unbranched alkanes of at least 4 members (excludes halogenated alkanes) is 1. The van der Waals surface area contributed by atoms with Crippen molar-refractivity contribution in [3.8, 4) is 0 Å². The minimum atomic E-state index is -0.480. The molecule has 0 spiro atoms. The summed E-state index contributed by atoms with van der Waals surface area (Å²) in [6.07, 6.45) is 1.01. The molecule has 1 rings (SSSR count). The molecule has 1 aromatic rings. The molecule has 0 radical (unpaired) electrons. The molecule has 5 nitrogen and oxygen atoms in total. The van der Waals surface area contributed by atoms with E-state index in [0.717, 1.165) is 23.1 Å². The second-order valence-corrected chi connectivity index (χ2v) is 6.39. The predicted octanol–water partition coefficient (Wildman–Crippen LogP) is 3.60. The van der Waals surface area contributed by atoms with Crippen LogP contribution in [0, 0.1) is 5.92 Å². The molecule has 1 unspecified atom stereocenters. The summed E-state index contributed by atoms with van der Waals surface area (Å²) in [4.78, 5) is 18.4. The van der Waals surface area contributed by atoms with Gasteiger partial charge in [-0.05, 0) is 40.4 Å². The number of aliphatic hydroxyl groups is 1. The average molecular weight is 373 g/mol. The Morgan fingerprint density at radius 2 is 2.18 bits per heavy atom. The zero-order valence-electron chi connectivity index (χ0n) is 13.5. The maximum atomic E-state index is 12.4. The summed E-state index contributed by atoms with van der Waals surface area (Å²) >= 11 is 3.33. The molecule has 0 fully saturated rings. The van der Waals surface area contributed by atoms with Crippen LogP contribution in [0.2, 0.25) is 0 Å². The summed E-state index contributed by atoms with van der Waals surface area (Å²) in [6.45, 7) is 6.75. The van der Waals surface area contributed by atoms with Gasteiger partial charge in [0.2, 0.25) is 0 Å². The molecule has 0 aromatic carbocycles. The Hall–Kier alpha value is -1.14. The fourth-order valence-corrected chi connectivity index (χ4v) is 2.29. The molecule has 6 heteroatoms. The van der Waals surface area contributed by atoms with Crippen LogP contribution in [-0.2, 0) is 11.3 Å². The smallest absolute Gasteiger partial charge is 0.410 e. The molecule has 0 aliphatic heterocycles. The van der Waals surface area contributed by atoms with Crippen molar-refractivity contribution < 1.29 is 14.6 Å². The second-order valence-electron chi connectivity index (χ2n) is 5.58. The lowest BCUT2D eigenvalue weighted by atomic mass is 10.1. The van der Waals surface area contributed by atoms with Gasteiger partial charge in [-0.25, -0.2) is 9.78 Å². The summed E-state index contributed by atoms with van der Waals surface area (Å²) in [5.41, 5.74) is 0.799. The topological polar surface area (TPSA) is 62.7 Å². The number of rotatable bonds is 8. The van der Waals surface area contributed by atoms with Gasteiger partial charge in [0.1, 0.15) is 10.7 Å². The first-order valence-corrected chi connectivity index (χ1v) is 8.45. The van der Waals surface area contributed by atoms with Crippen LogP contribution in [-0.4, -0.2) is 40.3 Å². The van der Waals surface area contributed by atoms with Gasteiger partial charge < -0.3 is 14.7 Å². The van der Waals surface area contributed by atoms with Crippen LogP contribution in [0.4, 0.5) is 4.79 Å². The van der Waals surface area contributed by atoms with Gasteiger partial charge in [-0.1, -0.05) is 33.3 Å². The normalized spacial score (nSPS) is 12.3. The van der Waals surface area contributed by atoms with Gasteiger partial charge >= 0.3 is 6.09 Å². The highest BCUT2D eigenvalue weighted by Gasteiger charge is 2.22. The van der Waals surface area contributed by atoms with Crippen LogP contribution in [0.3, 0.4) is 0 Å². The molecule has 0 bridgehead atoms. The summed E-state index contributed by atoms with van der Waals surface area (Å²) in [5, 5.41) is 9.32. The lowest BCUT2D eigenvalue weighted by Gasteiger charge is -2.26. The van der Waals surface area contributed by atoms with E-state index < -0.39 is 12.2 Å². The monoisotopic (exact) mass is 372 g/mol. The van der Waals surface area contributed by atoms with Gasteiger partial charge in [0.05, 0.1) is 18.8 Å². The van der Waals surface area contributed by atoms with Gasteiger partial charge in [0, 0.05) is 6.54 Å². The molecule has 22 heavy (non-hydrogen) atoms. The van der Waals surface area contributed by atoms with Gasteiger partial charge in [-0.2, -0.15) is 0 Å². The summed E-state index contributed by atoms with van der Waals surface area (Å²) < 4.78 is 6.16. The average Bonchev–Trinajstić information content (AvgIpc) is 2.48. The lowest BCUT2D eigenvalue weighted by molar-refractivity contribution is 0.00952. The number of carbonyl (C=O) groups is 1. The van der Waals surface area contributed by atoms with E-state index in [1.54, 1.807) is 4.90 Å². The van der Waals surface area contributed by atoms with Crippen LogP contribution in [0.25, 0.3) is 0 Å². The Kier molecular flexibility index (Phi) is 8.42. The fourth-order valence-electron chi connectivity index (χ4n) is 1.91. The summed E-state index contributed by atoms with van der Waals surface area (Å²) in [6, 6.07) is 5.61. The van der Waals surface area contributed by atoms with Crippen LogP contribution in [0.15, 0.2) is 22.8 Å². The number of carbonyl (C=O) groups excluding carboxylic acids is 1. The maximum absolute atomic E-state index is 12.4. The number of amides is 1. The van der Waals surface area contributed by atoms with Crippen LogP contribution >= 0.6 is 15.9 Å². The Labute approximate surface area is 140 Å². The molecule has 1 amide bonds. The Morgan fingerprint density at radius 3 is 2.73 bits per heavy atom. The lowest BCUT2D eigenvalue weighted by Crippen LogP contribution is -2.37. The Bertz CT molecular complexity index is 468. The zero-order valence-corrected chi connectivity index (χ0v) is 15.0. The molecule has 1 aromatic heterocycles. The second kappa shape index (κ2) is 9.79. The first-order valence-electron chi connectivity index (χ1n) is 7.65. The molecular formula is C16H25BrN2O3. The van der Waals surface area contributed by atoms with E-state index in [1.165, 1.54) is 0 Å². The molecule has 124 valence electrons. The number of aliphatic hydroxyl groups excluding tert-OH is 1. The molecule has 0 saturated heterocycles. The molecule has 1 heterocycles. The van der Waals surface area contributed by atoms with Crippen molar-refractivity contribution in [3.63, 3.8) is 0 Å². The number of hydrogen-bond acceptors (Lipinski definition) is 4. The van der Waals surface area contributed by atoms with Crippen LogP contribution in [0.5, 0.6) is 0 Å². The Balaban J connectivity index is 2.76. The van der Waals surface area contributed by atoms with Crippen LogP contribution in [0.1, 0.15) is 39.3 Å². The first-order chi connectivity index (χ1) is 10.5. The number of aromatic nitrogens is 1. The molecular weight excluding hydrogens is 348 g/mol. The van der Waals surface area contributed by atoms with Crippen molar-refractivity contribution in [3.05, 3.63) is 28.5 Å². The number of nitrogens with zero attached hydrogens (tertiary/aromatic N) is 2. The maximum Gasteiger partial charge on any atom is 0.410 e. The fraction of sp³-hybridized carbons (Fsp3) is 0.625. The third-order valence-electron chi connectivity index (χ3n) is 3.34. The predicted molar refractivity (Wildman–Crippen MR) is 89.4 cm³/mol. The van der Waals surface area contributed by atoms with Crippen molar-refractivity contribution in [2.24, 2.45) is 5.92 Å². The van der Waals surface area contributed by atoms with Gasteiger partial charge in [-0.15, -0.1) is 0 Å². The standard InChI is InChI=1S/C16H25BrN2O3/c1-4-5-9-19(10-13-7-6-8-15(17)18-13)16(21)22-14(11-20)12(2)3/h6-8,12,14,20H,4-5,9-11H2,1-3H3. The van der Waals surface area contributed by atoms with Crippen molar-refractivity contribution >= 4 is 22.0 Å². The number of hydrogen-bond donors (Lipinski definition) is 1. The largest absolute Gasteiger partial charge is 0.443 e. The minimum absolute atomic E-state index is 0.0750. The van der Waals surface area contributed by atoms with E-state index >= 15 is 0 Å². The first kappa shape index (κ1) is 18.9. The van der Waals surface area contributed by atoms with Gasteiger partial charge in [0.15, 0.2) is 0 Å². The van der Waals surface area contributed by atoms with Crippen LogP contribution < -0.4 is 0 Å². The SMILES string of the molecule is CCCCN(Cc1cccc(Br)n1)C(=O)OC(CO)C(C)C. The minimum Gasteiger partial charge on any atom is -0.443 e. The highest BCUT2D eigenvalue weighted by Crippen LogP contribution is 2.13. The highest BCUT2D eigenvalue weighted by molar-refractivity contribution is 9.10. The van der Waals surface area contributed by atoms with Crippen molar-refractivity contribution in [1.29, 1.82) is 0 Å². The highest BCUT2D eigenvalue weighted by atomic mass is 79.9. The molecule has 1 atom stereocenters. The third kappa shape index (κ3) is 6.32. The van der Waals surface area contributed by atoms with Gasteiger partial charge in [-0.3, -0.25) is 0 Å². The summed E-state index contributed by atoms with van der Waals surface area (Å²) in [7, 11) is 0. The number of pyridine rings is 1. The third-order valence-corrected chi connectivity index (χ3v) is 3.78. The van der Waals surface area contributed by atoms with E-state index in [9.17, 15) is 9.90 Å². The number of ether oxygens (including phenoxy) is 1.